The molecule has 0 unspecified atom stereocenters. The zero-order valence-electron chi connectivity index (χ0n) is 8.62. The van der Waals surface area contributed by atoms with Crippen LogP contribution < -0.4 is 0 Å². The van der Waals surface area contributed by atoms with E-state index in [1.807, 2.05) is 0 Å². The van der Waals surface area contributed by atoms with Crippen LogP contribution in [0.3, 0.4) is 0 Å². The number of rotatable bonds is 2. The monoisotopic (exact) mass is 168 g/mol. The van der Waals surface area contributed by atoms with Gasteiger partial charge in [-0.05, 0) is 33.9 Å². The molecule has 1 rings (SSSR count). The Hall–Kier alpha value is -0.500. The minimum absolute atomic E-state index is 0.614. The molecule has 0 saturated heterocycles. The van der Waals surface area contributed by atoms with Gasteiger partial charge in [-0.25, -0.2) is 0 Å². The second-order valence-electron chi connectivity index (χ2n) is 4.00. The van der Waals surface area contributed by atoms with Gasteiger partial charge in [-0.15, -0.1) is 0 Å². The Bertz CT molecular complexity index is 161. The summed E-state index contributed by atoms with van der Waals surface area (Å²) in [5, 5.41) is 0. The second-order valence-corrected chi connectivity index (χ2v) is 4.00. The first-order valence-electron chi connectivity index (χ1n) is 4.77. The van der Waals surface area contributed by atoms with Crippen molar-refractivity contribution in [1.29, 1.82) is 0 Å². The van der Waals surface area contributed by atoms with Gasteiger partial charge in [0.1, 0.15) is 0 Å². The third-order valence-electron chi connectivity index (χ3n) is 2.38. The fourth-order valence-corrected chi connectivity index (χ4v) is 1.34. The van der Waals surface area contributed by atoms with Gasteiger partial charge in [-0.2, -0.15) is 0 Å². The maximum atomic E-state index is 2.46. The van der Waals surface area contributed by atoms with Crippen LogP contribution in [0.1, 0.15) is 27.7 Å². The van der Waals surface area contributed by atoms with Crippen molar-refractivity contribution in [3.63, 3.8) is 0 Å². The van der Waals surface area contributed by atoms with Gasteiger partial charge in [0.25, 0.3) is 0 Å². The summed E-state index contributed by atoms with van der Waals surface area (Å²) in [6.07, 6.45) is 4.45. The first-order valence-corrected chi connectivity index (χ1v) is 4.77. The molecule has 12 heavy (non-hydrogen) atoms. The van der Waals surface area contributed by atoms with Gasteiger partial charge >= 0.3 is 0 Å². The van der Waals surface area contributed by atoms with Gasteiger partial charge in [-0.1, -0.05) is 6.08 Å². The highest BCUT2D eigenvalue weighted by Gasteiger charge is 2.15. The molecule has 0 aliphatic carbocycles. The van der Waals surface area contributed by atoms with Crippen LogP contribution in [-0.2, 0) is 0 Å². The van der Waals surface area contributed by atoms with Gasteiger partial charge in [0.15, 0.2) is 0 Å². The minimum Gasteiger partial charge on any atom is -0.362 e. The van der Waals surface area contributed by atoms with Crippen molar-refractivity contribution < 1.29 is 0 Å². The van der Waals surface area contributed by atoms with E-state index >= 15 is 0 Å². The van der Waals surface area contributed by atoms with Crippen molar-refractivity contribution in [2.75, 3.05) is 13.2 Å². The molecule has 0 amide bonds. The highest BCUT2D eigenvalue weighted by atomic mass is 15.3. The summed E-state index contributed by atoms with van der Waals surface area (Å²) in [5.41, 5.74) is 0. The normalized spacial score (nSPS) is 19.7. The van der Waals surface area contributed by atoms with Crippen LogP contribution in [0.5, 0.6) is 0 Å². The lowest BCUT2D eigenvalue weighted by molar-refractivity contribution is 0.118. The number of hydrogen-bond acceptors (Lipinski definition) is 2. The first-order chi connectivity index (χ1) is 5.61. The topological polar surface area (TPSA) is 6.48 Å². The standard InChI is InChI=1S/C10H20N2/c1-9(2)11-6-5-7-12(8-11)10(3)4/h5-6,9-10H,7-8H2,1-4H3. The van der Waals surface area contributed by atoms with E-state index in [0.717, 1.165) is 13.2 Å². The van der Waals surface area contributed by atoms with E-state index in [1.165, 1.54) is 0 Å². The average Bonchev–Trinajstić information content (AvgIpc) is 2.04. The highest BCUT2D eigenvalue weighted by molar-refractivity contribution is 4.92. The van der Waals surface area contributed by atoms with Crippen molar-refractivity contribution in [2.24, 2.45) is 0 Å². The summed E-state index contributed by atoms with van der Waals surface area (Å²) >= 11 is 0. The van der Waals surface area contributed by atoms with E-state index < -0.39 is 0 Å². The molecule has 70 valence electrons. The molecular formula is C10H20N2. The Morgan fingerprint density at radius 1 is 1.08 bits per heavy atom. The van der Waals surface area contributed by atoms with Crippen molar-refractivity contribution in [3.8, 4) is 0 Å². The zero-order valence-corrected chi connectivity index (χ0v) is 8.62. The smallest absolute Gasteiger partial charge is 0.0709 e. The average molecular weight is 168 g/mol. The van der Waals surface area contributed by atoms with Crippen molar-refractivity contribution >= 4 is 0 Å². The van der Waals surface area contributed by atoms with Crippen LogP contribution in [0.2, 0.25) is 0 Å². The largest absolute Gasteiger partial charge is 0.362 e. The number of nitrogens with zero attached hydrogens (tertiary/aromatic N) is 2. The molecule has 0 N–H and O–H groups in total. The SMILES string of the molecule is CC(C)N1C=CCN(C(C)C)C1. The van der Waals surface area contributed by atoms with Crippen molar-refractivity contribution in [3.05, 3.63) is 12.3 Å². The lowest BCUT2D eigenvalue weighted by atomic mass is 10.2. The quantitative estimate of drug-likeness (QED) is 0.621. The molecule has 1 aliphatic heterocycles. The molecule has 0 spiro atoms. The van der Waals surface area contributed by atoms with Gasteiger partial charge in [-0.3, -0.25) is 4.90 Å². The van der Waals surface area contributed by atoms with E-state index in [0.29, 0.717) is 12.1 Å². The maximum Gasteiger partial charge on any atom is 0.0709 e. The van der Waals surface area contributed by atoms with E-state index in [4.69, 9.17) is 0 Å². The van der Waals surface area contributed by atoms with E-state index in [2.05, 4.69) is 49.8 Å². The highest BCUT2D eigenvalue weighted by Crippen LogP contribution is 2.09. The van der Waals surface area contributed by atoms with Gasteiger partial charge in [0.2, 0.25) is 0 Å². The molecule has 2 heteroatoms. The first kappa shape index (κ1) is 9.59. The summed E-state index contributed by atoms with van der Waals surface area (Å²) in [7, 11) is 0. The molecule has 0 radical (unpaired) electrons. The van der Waals surface area contributed by atoms with E-state index in [9.17, 15) is 0 Å². The molecule has 0 bridgehead atoms. The third-order valence-corrected chi connectivity index (χ3v) is 2.38. The molecular weight excluding hydrogens is 148 g/mol. The summed E-state index contributed by atoms with van der Waals surface area (Å²) in [6, 6.07) is 1.26. The summed E-state index contributed by atoms with van der Waals surface area (Å²) in [4.78, 5) is 4.82. The van der Waals surface area contributed by atoms with Crippen LogP contribution in [0.15, 0.2) is 12.3 Å². The molecule has 1 heterocycles. The number of hydrogen-bond donors (Lipinski definition) is 0. The van der Waals surface area contributed by atoms with Gasteiger partial charge in [0.05, 0.1) is 6.67 Å². The van der Waals surface area contributed by atoms with Gasteiger partial charge in [0, 0.05) is 18.6 Å². The van der Waals surface area contributed by atoms with Crippen LogP contribution in [0, 0.1) is 0 Å². The van der Waals surface area contributed by atoms with Crippen molar-refractivity contribution in [1.82, 2.24) is 9.80 Å². The van der Waals surface area contributed by atoms with Gasteiger partial charge < -0.3 is 4.90 Å². The van der Waals surface area contributed by atoms with E-state index in [1.54, 1.807) is 0 Å². The summed E-state index contributed by atoms with van der Waals surface area (Å²) in [6.45, 7) is 11.1. The Kier molecular flexibility index (Phi) is 3.15. The predicted molar refractivity (Wildman–Crippen MR) is 52.8 cm³/mol. The maximum absolute atomic E-state index is 2.46. The summed E-state index contributed by atoms with van der Waals surface area (Å²) in [5.74, 6) is 0. The minimum atomic E-state index is 0.614. The fraction of sp³-hybridized carbons (Fsp3) is 0.800. The molecule has 0 atom stereocenters. The Morgan fingerprint density at radius 3 is 2.25 bits per heavy atom. The lowest BCUT2D eigenvalue weighted by Crippen LogP contribution is -2.44. The molecule has 0 aromatic heterocycles. The Labute approximate surface area is 75.8 Å². The molecule has 0 fully saturated rings. The van der Waals surface area contributed by atoms with E-state index in [-0.39, 0.29) is 0 Å². The molecule has 0 aromatic carbocycles. The third kappa shape index (κ3) is 2.24. The van der Waals surface area contributed by atoms with Crippen molar-refractivity contribution in [2.45, 2.75) is 39.8 Å². The molecule has 0 saturated carbocycles. The van der Waals surface area contributed by atoms with Crippen LogP contribution >= 0.6 is 0 Å². The zero-order chi connectivity index (χ0) is 9.14. The molecule has 2 nitrogen and oxygen atoms in total. The second kappa shape index (κ2) is 3.94. The molecule has 0 aromatic rings. The van der Waals surface area contributed by atoms with Crippen LogP contribution in [-0.4, -0.2) is 35.1 Å². The van der Waals surface area contributed by atoms with Crippen LogP contribution in [0.25, 0.3) is 0 Å². The fourth-order valence-electron chi connectivity index (χ4n) is 1.34. The molecule has 1 aliphatic rings. The predicted octanol–water partition coefficient (Wildman–Crippen LogP) is 1.89. The Balaban J connectivity index is 2.51. The lowest BCUT2D eigenvalue weighted by Gasteiger charge is -2.37. The van der Waals surface area contributed by atoms with Crippen LogP contribution in [0.4, 0.5) is 0 Å². The Morgan fingerprint density at radius 2 is 1.75 bits per heavy atom. The summed E-state index contributed by atoms with van der Waals surface area (Å²) < 4.78 is 0.